The van der Waals surface area contributed by atoms with E-state index in [-0.39, 0.29) is 0 Å². The van der Waals surface area contributed by atoms with E-state index < -0.39 is 6.09 Å². The van der Waals surface area contributed by atoms with Gasteiger partial charge >= 0.3 is 6.09 Å². The number of carbonyl (C=O) groups is 1. The number of benzene rings is 1. The zero-order chi connectivity index (χ0) is 7.14. The van der Waals surface area contributed by atoms with Crippen molar-refractivity contribution in [2.24, 2.45) is 0 Å². The maximum absolute atomic E-state index is 10.5. The number of aromatic nitrogens is 1. The predicted molar refractivity (Wildman–Crippen MR) is 36.5 cm³/mol. The van der Waals surface area contributed by atoms with Gasteiger partial charge in [-0.05, 0) is 24.3 Å². The second kappa shape index (κ2) is 1.50. The van der Waals surface area contributed by atoms with Gasteiger partial charge in [0.25, 0.3) is 0 Å². The molecule has 0 aliphatic heterocycles. The minimum Gasteiger partial charge on any atom is -0.464 e. The summed E-state index contributed by atoms with van der Waals surface area (Å²) in [6, 6.07) is 7.12. The smallest absolute Gasteiger partial charge is 0.416 e. The molecule has 2 bridgehead atoms. The summed E-state index contributed by atoms with van der Waals surface area (Å²) in [5.41, 5.74) is 1.48. The van der Waals surface area contributed by atoms with E-state index in [0.717, 1.165) is 11.0 Å². The van der Waals surface area contributed by atoms with Crippen molar-refractivity contribution >= 4 is 17.1 Å². The molecule has 0 aromatic carbocycles. The molecule has 2 rings (SSSR count). The Labute approximate surface area is 56.8 Å². The van der Waals surface area contributed by atoms with Crippen molar-refractivity contribution < 1.29 is 9.90 Å². The molecule has 0 aliphatic rings. The number of hydrogen-bond donors (Lipinski definition) is 1. The van der Waals surface area contributed by atoms with E-state index >= 15 is 0 Å². The van der Waals surface area contributed by atoms with Crippen molar-refractivity contribution in [1.29, 1.82) is 0 Å². The molecule has 1 N–H and O–H groups in total. The highest BCUT2D eigenvalue weighted by molar-refractivity contribution is 5.86. The Morgan fingerprint density at radius 1 is 1.20 bits per heavy atom. The van der Waals surface area contributed by atoms with Crippen molar-refractivity contribution in [3.63, 3.8) is 0 Å². The first-order valence-corrected chi connectivity index (χ1v) is 2.92. The van der Waals surface area contributed by atoms with Crippen LogP contribution in [-0.2, 0) is 0 Å². The summed E-state index contributed by atoms with van der Waals surface area (Å²) < 4.78 is 1.25. The van der Waals surface area contributed by atoms with Gasteiger partial charge in [0, 0.05) is 0 Å². The summed E-state index contributed by atoms with van der Waals surface area (Å²) in [6.45, 7) is 0. The lowest BCUT2D eigenvalue weighted by Gasteiger charge is -1.91. The van der Waals surface area contributed by atoms with Crippen LogP contribution in [0, 0.1) is 0 Å². The van der Waals surface area contributed by atoms with Crippen LogP contribution < -0.4 is 0 Å². The zero-order valence-electron chi connectivity index (χ0n) is 5.11. The van der Waals surface area contributed by atoms with Gasteiger partial charge in [-0.1, -0.05) is 0 Å². The summed E-state index contributed by atoms with van der Waals surface area (Å²) in [6.07, 6.45) is -0.917. The molecule has 2 aromatic heterocycles. The third kappa shape index (κ3) is 0.466. The quantitative estimate of drug-likeness (QED) is 0.596. The molecule has 0 spiro atoms. The van der Waals surface area contributed by atoms with E-state index in [4.69, 9.17) is 5.11 Å². The van der Waals surface area contributed by atoms with Crippen molar-refractivity contribution in [1.82, 2.24) is 4.57 Å². The van der Waals surface area contributed by atoms with Crippen molar-refractivity contribution in [3.05, 3.63) is 24.3 Å². The molecule has 0 amide bonds. The molecule has 50 valence electrons. The molecule has 0 unspecified atom stereocenters. The molecule has 0 aliphatic carbocycles. The summed E-state index contributed by atoms with van der Waals surface area (Å²) >= 11 is 0. The first kappa shape index (κ1) is 5.29. The molecule has 2 heterocycles. The highest BCUT2D eigenvalue weighted by atomic mass is 16.4. The van der Waals surface area contributed by atoms with Gasteiger partial charge in [-0.25, -0.2) is 9.36 Å². The van der Waals surface area contributed by atoms with Crippen molar-refractivity contribution in [2.75, 3.05) is 0 Å². The molecule has 3 nitrogen and oxygen atoms in total. The summed E-state index contributed by atoms with van der Waals surface area (Å²) in [7, 11) is 0. The predicted octanol–water partition coefficient (Wildman–Crippen LogP) is 1.61. The standard InChI is InChI=1S/C7H5NO2/c9-7(10)8-5-1-2-6(8)4-3-5/h1-4H,(H,9,10). The fourth-order valence-corrected chi connectivity index (χ4v) is 1.12. The molecule has 0 saturated heterocycles. The second-order valence-electron chi connectivity index (χ2n) is 2.13. The highest BCUT2D eigenvalue weighted by Gasteiger charge is 2.08. The van der Waals surface area contributed by atoms with Gasteiger partial charge in [0.05, 0.1) is 11.0 Å². The van der Waals surface area contributed by atoms with Crippen LogP contribution in [0.5, 0.6) is 0 Å². The van der Waals surface area contributed by atoms with Gasteiger partial charge in [-0.3, -0.25) is 0 Å². The van der Waals surface area contributed by atoms with E-state index in [2.05, 4.69) is 0 Å². The number of nitrogens with zero attached hydrogens (tertiary/aromatic N) is 1. The summed E-state index contributed by atoms with van der Waals surface area (Å²) in [5.74, 6) is 0. The van der Waals surface area contributed by atoms with Gasteiger partial charge in [0.15, 0.2) is 0 Å². The molecule has 0 saturated carbocycles. The van der Waals surface area contributed by atoms with Crippen LogP contribution in [0.2, 0.25) is 0 Å². The molecule has 0 atom stereocenters. The fraction of sp³-hybridized carbons (Fsp3) is 0. The third-order valence-corrected chi connectivity index (χ3v) is 1.56. The maximum Gasteiger partial charge on any atom is 0.416 e. The molecule has 2 aromatic rings. The Morgan fingerprint density at radius 2 is 1.60 bits per heavy atom. The van der Waals surface area contributed by atoms with Crippen molar-refractivity contribution in [3.8, 4) is 0 Å². The first-order chi connectivity index (χ1) is 4.79. The van der Waals surface area contributed by atoms with Crippen LogP contribution in [0.3, 0.4) is 0 Å². The van der Waals surface area contributed by atoms with E-state index in [1.54, 1.807) is 24.3 Å². The van der Waals surface area contributed by atoms with Crippen LogP contribution in [0.25, 0.3) is 11.0 Å². The average molecular weight is 135 g/mol. The summed E-state index contributed by atoms with van der Waals surface area (Å²) in [5, 5.41) is 8.60. The molecular formula is C7H5NO2. The fourth-order valence-electron chi connectivity index (χ4n) is 1.12. The molecule has 0 fully saturated rings. The Morgan fingerprint density at radius 3 is 1.80 bits per heavy atom. The minimum atomic E-state index is -0.917. The Bertz CT molecular complexity index is 315. The van der Waals surface area contributed by atoms with Gasteiger partial charge in [0.2, 0.25) is 0 Å². The molecular weight excluding hydrogens is 130 g/mol. The largest absolute Gasteiger partial charge is 0.464 e. The van der Waals surface area contributed by atoms with Crippen LogP contribution in [0.4, 0.5) is 4.79 Å². The van der Waals surface area contributed by atoms with Crippen LogP contribution in [-0.4, -0.2) is 15.8 Å². The van der Waals surface area contributed by atoms with Crippen LogP contribution in [0.1, 0.15) is 0 Å². The second-order valence-corrected chi connectivity index (χ2v) is 2.13. The van der Waals surface area contributed by atoms with E-state index in [1.165, 1.54) is 4.57 Å². The molecule has 10 heavy (non-hydrogen) atoms. The SMILES string of the molecule is O=C(O)n1c2ccc1cc2. The van der Waals surface area contributed by atoms with Crippen molar-refractivity contribution in [2.45, 2.75) is 0 Å². The summed E-state index contributed by atoms with van der Waals surface area (Å²) in [4.78, 5) is 10.5. The monoisotopic (exact) mass is 135 g/mol. The Kier molecular flexibility index (Phi) is 0.795. The van der Waals surface area contributed by atoms with E-state index in [1.807, 2.05) is 0 Å². The lowest BCUT2D eigenvalue weighted by Crippen LogP contribution is -2.04. The normalized spacial score (nSPS) is 10.8. The molecule has 3 heteroatoms. The lowest BCUT2D eigenvalue weighted by molar-refractivity contribution is 0.198. The number of carboxylic acid groups (broad SMARTS) is 1. The highest BCUT2D eigenvalue weighted by Crippen LogP contribution is 2.15. The molecule has 0 radical (unpaired) electrons. The van der Waals surface area contributed by atoms with Gasteiger partial charge in [-0.2, -0.15) is 0 Å². The first-order valence-electron chi connectivity index (χ1n) is 2.92. The minimum absolute atomic E-state index is 0.738. The van der Waals surface area contributed by atoms with E-state index in [9.17, 15) is 4.79 Å². The number of rotatable bonds is 0. The zero-order valence-corrected chi connectivity index (χ0v) is 5.11. The van der Waals surface area contributed by atoms with Gasteiger partial charge < -0.3 is 5.11 Å². The number of fused-ring (bicyclic) bond motifs is 2. The number of hydrogen-bond acceptors (Lipinski definition) is 1. The van der Waals surface area contributed by atoms with Crippen LogP contribution >= 0.6 is 0 Å². The lowest BCUT2D eigenvalue weighted by atomic mass is 10.4. The van der Waals surface area contributed by atoms with Gasteiger partial charge in [0.1, 0.15) is 0 Å². The van der Waals surface area contributed by atoms with Crippen LogP contribution in [0.15, 0.2) is 24.3 Å². The maximum atomic E-state index is 10.5. The Hall–Kier alpha value is -1.51. The third-order valence-electron chi connectivity index (χ3n) is 1.56. The average Bonchev–Trinajstić information content (AvgIpc) is 2.43. The topological polar surface area (TPSA) is 42.2 Å². The van der Waals surface area contributed by atoms with E-state index in [0.29, 0.717) is 0 Å². The van der Waals surface area contributed by atoms with Gasteiger partial charge in [-0.15, -0.1) is 0 Å². The Balaban J connectivity index is 2.82.